The van der Waals surface area contributed by atoms with E-state index in [1.54, 1.807) is 80.8 Å². The van der Waals surface area contributed by atoms with Crippen molar-refractivity contribution in [1.82, 2.24) is 20.3 Å². The van der Waals surface area contributed by atoms with Crippen molar-refractivity contribution in [3.63, 3.8) is 0 Å². The fraction of sp³-hybridized carbons (Fsp3) is 0.787. The lowest BCUT2D eigenvalue weighted by Gasteiger charge is -2.45. The minimum Gasteiger partial charge on any atom is -0.462 e. The standard InChI is InChI=1S/C33H54N2O5S.C22H37NO2S2.C14H27ClO2.C13H28O.C7H10N2S2/c1-19(15-23-18-41-22(4)34-23)24-16-26-33(11,40-26)14-12-13-30(5,6)20(2)28(38)21(3)31(7,8)29(39)32(9,10)25(36)17-27(37)35-24;1-16(21(3,4)5)20(17(2)22(6,7)8)25-19(24)13-11-15-26-27-18-12-9-10-14-23-18;1-9(13(3,4)5)11(17-12(15)16)10(2)14(6,7)8;1-9(12(3,4)5)11(14)10(2)13(6,7)8;8-4-6-10-11-7-3-1-2-5-9-7/h15,18,20-21,24-26,28,36,38H,12-14,16-17H2,1-11H3,(H,35,37);9-10,12,14,16-17,20H,11,13,15H2,1-8H3;9-11H,1-8H3;9-11,14H,1-8H3;1-3,5H,4,6,8H2/b19-15+;;;;/t20-,21-,24?,25+,26+,28+,33-;16-,17-;2*9-,10-;/m1111./s1. The highest BCUT2D eigenvalue weighted by Gasteiger charge is 2.54. The number of amides is 1. The molecule has 3 aromatic heterocycles. The van der Waals surface area contributed by atoms with Crippen molar-refractivity contribution in [3.05, 3.63) is 70.4 Å². The zero-order chi connectivity index (χ0) is 85.5. The predicted molar refractivity (Wildman–Crippen MR) is 473 cm³/mol. The van der Waals surface area contributed by atoms with Gasteiger partial charge in [-0.1, -0.05) is 255 Å². The molecule has 110 heavy (non-hydrogen) atoms. The molecule has 634 valence electrons. The number of aromatic nitrogens is 3. The first kappa shape index (κ1) is 105. The van der Waals surface area contributed by atoms with Crippen molar-refractivity contribution in [3.8, 4) is 0 Å². The number of hydrogen-bond donors (Lipinski definition) is 5. The molecule has 0 bridgehead atoms. The van der Waals surface area contributed by atoms with Crippen LogP contribution in [0.25, 0.3) is 6.08 Å². The second-order valence-corrected chi connectivity index (χ2v) is 46.3. The fourth-order valence-electron chi connectivity index (χ4n) is 12.8. The quantitative estimate of drug-likeness (QED) is 0.0232. The molecule has 1 amide bonds. The Morgan fingerprint density at radius 2 is 1.11 bits per heavy atom. The van der Waals surface area contributed by atoms with Crippen LogP contribution in [0, 0.1) is 103 Å². The number of halogens is 1. The van der Waals surface area contributed by atoms with Crippen LogP contribution < -0.4 is 11.1 Å². The second-order valence-electron chi connectivity index (χ2n) is 40.1. The highest BCUT2D eigenvalue weighted by atomic mass is 35.5. The average Bonchev–Trinajstić information content (AvgIpc) is 1.52. The van der Waals surface area contributed by atoms with Crippen molar-refractivity contribution in [2.75, 3.05) is 18.1 Å². The van der Waals surface area contributed by atoms with Crippen LogP contribution >= 0.6 is 66.1 Å². The van der Waals surface area contributed by atoms with Crippen LogP contribution in [0.4, 0.5) is 4.79 Å². The third-order valence-corrected chi connectivity index (χ3v) is 30.2. The van der Waals surface area contributed by atoms with Crippen molar-refractivity contribution in [1.29, 1.82) is 0 Å². The number of pyridine rings is 2. The zero-order valence-corrected chi connectivity index (χ0v) is 79.9. The summed E-state index contributed by atoms with van der Waals surface area (Å²) in [5, 5.41) is 41.2. The maximum atomic E-state index is 14.0. The Labute approximate surface area is 695 Å². The minimum absolute atomic E-state index is 0.00194. The highest BCUT2D eigenvalue weighted by molar-refractivity contribution is 8.77. The number of nitrogens with zero attached hydrogens (tertiary/aromatic N) is 3. The number of nitrogens with two attached hydrogens (primary N) is 1. The molecule has 1 unspecified atom stereocenters. The molecule has 0 spiro atoms. The van der Waals surface area contributed by atoms with E-state index in [9.17, 15) is 34.5 Å². The summed E-state index contributed by atoms with van der Waals surface area (Å²) in [5.41, 5.74) is 4.68. The molecule has 13 atom stereocenters. The van der Waals surface area contributed by atoms with Gasteiger partial charge in [-0.25, -0.2) is 19.7 Å². The maximum Gasteiger partial charge on any atom is 0.404 e. The Bertz CT molecular complexity index is 3160. The number of Topliss-reactive ketones (excluding diaryl/α,β-unsaturated/α-hetero) is 1. The first-order valence-corrected chi connectivity index (χ1v) is 46.2. The van der Waals surface area contributed by atoms with Gasteiger partial charge in [0.2, 0.25) is 5.91 Å². The van der Waals surface area contributed by atoms with E-state index in [0.717, 1.165) is 70.1 Å². The molecule has 15 nitrogen and oxygen atoms in total. The predicted octanol–water partition coefficient (Wildman–Crippen LogP) is 23.6. The Morgan fingerprint density at radius 3 is 1.50 bits per heavy atom. The van der Waals surface area contributed by atoms with E-state index in [0.29, 0.717) is 36.5 Å². The van der Waals surface area contributed by atoms with Gasteiger partial charge in [-0.05, 0) is 189 Å². The van der Waals surface area contributed by atoms with Gasteiger partial charge in [-0.15, -0.1) is 11.3 Å². The van der Waals surface area contributed by atoms with Crippen LogP contribution in [0.2, 0.25) is 0 Å². The van der Waals surface area contributed by atoms with Gasteiger partial charge in [-0.2, -0.15) is 0 Å². The highest BCUT2D eigenvalue weighted by Crippen LogP contribution is 2.49. The van der Waals surface area contributed by atoms with Crippen LogP contribution in [0.1, 0.15) is 291 Å². The van der Waals surface area contributed by atoms with E-state index in [-0.39, 0.29) is 122 Å². The third kappa shape index (κ3) is 36.0. The van der Waals surface area contributed by atoms with Gasteiger partial charge < -0.3 is 40.6 Å². The number of esters is 1. The smallest absolute Gasteiger partial charge is 0.404 e. The normalized spacial score (nSPS) is 23.4. The molecule has 2 fully saturated rings. The SMILES string of the molecule is C/C(=C\c1csc(C)n1)C1C[C@@H]2O[C@]2(C)CCCC(C)(C)[C@H](C)[C@H](O)[C@@H](C)C(C)(C)C(=O)C(C)(C)[C@@H](O)CC(=O)N1.C[C@H](C(O)[C@@H](C)C(C)(C)C)C(C)(C)C.C[C@H](C(OC(=O)CCCSSc1ccccn1)[C@@H](C)C(C)(C)C)C(C)(C)C.C[C@H](C(OC(=O)Cl)[C@@H](C)C(C)(C)C)C(C)(C)C.NCCSSc1ccccn1. The van der Waals surface area contributed by atoms with E-state index in [4.69, 9.17) is 31.5 Å². The van der Waals surface area contributed by atoms with E-state index in [1.165, 1.54) is 0 Å². The Balaban J connectivity index is 0.000000752. The molecule has 6 N–H and O–H groups in total. The number of ketones is 1. The summed E-state index contributed by atoms with van der Waals surface area (Å²) in [6, 6.07) is 11.5. The Morgan fingerprint density at radius 1 is 0.673 bits per heavy atom. The molecule has 0 aromatic carbocycles. The summed E-state index contributed by atoms with van der Waals surface area (Å²) in [6.07, 6.45) is 7.78. The molecule has 2 aliphatic heterocycles. The Hall–Kier alpha value is -2.76. The number of aryl methyl sites for hydroxylation is 1. The lowest BCUT2D eigenvalue weighted by atomic mass is 9.60. The lowest BCUT2D eigenvalue weighted by molar-refractivity contribution is -0.160. The fourth-order valence-corrected chi connectivity index (χ4v) is 17.2. The van der Waals surface area contributed by atoms with Crippen molar-refractivity contribution in [2.45, 2.75) is 346 Å². The van der Waals surface area contributed by atoms with Crippen molar-refractivity contribution < 1.29 is 48.7 Å². The van der Waals surface area contributed by atoms with Gasteiger partial charge in [0.15, 0.2) is 0 Å². The molecule has 0 saturated carbocycles. The zero-order valence-electron chi connectivity index (χ0n) is 75.0. The number of epoxide rings is 1. The Kier molecular flexibility index (Phi) is 43.3. The van der Waals surface area contributed by atoms with E-state index in [1.807, 2.05) is 82.5 Å². The molecule has 21 heteroatoms. The lowest BCUT2D eigenvalue weighted by Crippen LogP contribution is -2.52. The number of thiazole rings is 1. The first-order chi connectivity index (χ1) is 49.9. The van der Waals surface area contributed by atoms with Crippen LogP contribution in [-0.4, -0.2) is 120 Å². The summed E-state index contributed by atoms with van der Waals surface area (Å²) >= 11 is 6.98. The summed E-state index contributed by atoms with van der Waals surface area (Å²) in [4.78, 5) is 63.8. The van der Waals surface area contributed by atoms with Crippen molar-refractivity contribution >= 4 is 95.3 Å². The minimum atomic E-state index is -1.18. The molecule has 0 aliphatic carbocycles. The first-order valence-electron chi connectivity index (χ1n) is 40.3. The molecule has 3 aromatic rings. The molecule has 5 heterocycles. The van der Waals surface area contributed by atoms with Gasteiger partial charge in [0.1, 0.15) is 28.0 Å². The number of ether oxygens (including phenoxy) is 3. The summed E-state index contributed by atoms with van der Waals surface area (Å²) in [5.74, 6) is 2.71. The summed E-state index contributed by atoms with van der Waals surface area (Å²) < 4.78 is 17.6. The van der Waals surface area contributed by atoms with E-state index in [2.05, 4.69) is 214 Å². The molecular weight excluding hydrogens is 1490 g/mol. The number of aliphatic hydroxyl groups is 3. The molecule has 0 radical (unpaired) electrons. The van der Waals surface area contributed by atoms with Crippen LogP contribution in [-0.2, 0) is 28.6 Å². The molecular formula is C89H156ClN5O10S5. The van der Waals surface area contributed by atoms with Crippen molar-refractivity contribution in [2.24, 2.45) is 102 Å². The van der Waals surface area contributed by atoms with Crippen LogP contribution in [0.5, 0.6) is 0 Å². The average molecular weight is 1650 g/mol. The largest absolute Gasteiger partial charge is 0.462 e. The maximum absolute atomic E-state index is 14.0. The van der Waals surface area contributed by atoms with Gasteiger partial charge >= 0.3 is 11.4 Å². The molecule has 2 aliphatic rings. The number of hydrogen-bond acceptors (Lipinski definition) is 19. The van der Waals surface area contributed by atoms with Gasteiger partial charge in [-0.3, -0.25) is 14.4 Å². The van der Waals surface area contributed by atoms with Crippen LogP contribution in [0.3, 0.4) is 0 Å². The number of carbonyl (C=O) groups is 4. The topological polar surface area (TPSA) is 237 Å². The number of fused-ring (bicyclic) bond motifs is 1. The number of carbonyl (C=O) groups excluding carboxylic acids is 4. The molecule has 5 rings (SSSR count). The van der Waals surface area contributed by atoms with E-state index < -0.39 is 28.5 Å². The monoisotopic (exact) mass is 1650 g/mol. The summed E-state index contributed by atoms with van der Waals surface area (Å²) in [6.45, 7) is 74.7. The van der Waals surface area contributed by atoms with E-state index >= 15 is 0 Å². The number of nitrogens with one attached hydrogen (secondary N) is 1. The van der Waals surface area contributed by atoms with Crippen LogP contribution in [0.15, 0.2) is 69.8 Å². The molecule has 2 saturated heterocycles. The number of aliphatic hydroxyl groups excluding tert-OH is 3. The third-order valence-electron chi connectivity index (χ3n) is 24.7. The summed E-state index contributed by atoms with van der Waals surface area (Å²) in [7, 11) is 6.80. The van der Waals surface area contributed by atoms with Gasteiger partial charge in [0.05, 0.1) is 58.6 Å². The number of rotatable bonds is 20. The van der Waals surface area contributed by atoms with Gasteiger partial charge in [0, 0.05) is 65.7 Å². The second kappa shape index (κ2) is 45.3. The van der Waals surface area contributed by atoms with Gasteiger partial charge in [0.25, 0.3) is 0 Å².